The van der Waals surface area contributed by atoms with Gasteiger partial charge in [-0.1, -0.05) is 23.7 Å². The smallest absolute Gasteiger partial charge is 0.254 e. The van der Waals surface area contributed by atoms with E-state index < -0.39 is 5.91 Å². The minimum Gasteiger partial charge on any atom is -0.365 e. The highest BCUT2D eigenvalue weighted by atomic mass is 35.5. The summed E-state index contributed by atoms with van der Waals surface area (Å²) < 4.78 is 0. The highest BCUT2D eigenvalue weighted by Crippen LogP contribution is 2.16. The lowest BCUT2D eigenvalue weighted by atomic mass is 10.2. The molecule has 5 nitrogen and oxygen atoms in total. The van der Waals surface area contributed by atoms with E-state index in [2.05, 4.69) is 15.3 Å². The van der Waals surface area contributed by atoms with Crippen molar-refractivity contribution in [1.82, 2.24) is 9.97 Å². The summed E-state index contributed by atoms with van der Waals surface area (Å²) in [6, 6.07) is 7.32. The number of aromatic nitrogens is 2. The number of hydrogen-bond acceptors (Lipinski definition) is 4. The summed E-state index contributed by atoms with van der Waals surface area (Å²) in [7, 11) is 0. The van der Waals surface area contributed by atoms with Crippen molar-refractivity contribution in [2.75, 3.05) is 5.32 Å². The van der Waals surface area contributed by atoms with Crippen LogP contribution in [0.1, 0.15) is 15.9 Å². The van der Waals surface area contributed by atoms with E-state index in [0.717, 1.165) is 5.56 Å². The van der Waals surface area contributed by atoms with Crippen LogP contribution in [0, 0.1) is 0 Å². The first kappa shape index (κ1) is 13.6. The number of hydrogen-bond donors (Lipinski definition) is 2. The normalized spacial score (nSPS) is 10.2. The molecule has 0 aliphatic rings. The van der Waals surface area contributed by atoms with E-state index in [9.17, 15) is 4.79 Å². The molecule has 0 saturated carbocycles. The van der Waals surface area contributed by atoms with Gasteiger partial charge in [0.25, 0.3) is 5.91 Å². The highest BCUT2D eigenvalue weighted by molar-refractivity contribution is 6.30. The second-order valence-electron chi connectivity index (χ2n) is 3.75. The van der Waals surface area contributed by atoms with Gasteiger partial charge in [-0.05, 0) is 29.3 Å². The summed E-state index contributed by atoms with van der Waals surface area (Å²) in [4.78, 5) is 18.9. The second-order valence-corrected chi connectivity index (χ2v) is 4.52. The molecule has 0 aliphatic heterocycles. The van der Waals surface area contributed by atoms with Crippen LogP contribution in [0.2, 0.25) is 10.3 Å². The predicted octanol–water partition coefficient (Wildman–Crippen LogP) is 2.49. The Kier molecular flexibility index (Phi) is 4.19. The molecule has 0 aliphatic carbocycles. The van der Waals surface area contributed by atoms with E-state index in [0.29, 0.717) is 17.4 Å². The number of nitrogens with one attached hydrogen (secondary N) is 1. The number of rotatable bonds is 4. The van der Waals surface area contributed by atoms with Gasteiger partial charge in [0.2, 0.25) is 5.28 Å². The van der Waals surface area contributed by atoms with Crippen molar-refractivity contribution in [3.05, 3.63) is 51.9 Å². The van der Waals surface area contributed by atoms with Crippen LogP contribution in [0.4, 0.5) is 5.82 Å². The molecule has 0 fully saturated rings. The van der Waals surface area contributed by atoms with Gasteiger partial charge in [0.1, 0.15) is 5.82 Å². The first-order chi connectivity index (χ1) is 9.06. The molecule has 2 aromatic rings. The standard InChI is InChI=1S/C12H10Cl2N4O/c13-8-3-1-2-7(4-8)5-16-11-9(10(15)19)6-17-12(14)18-11/h1-4,6H,5H2,(H2,15,19)(H,16,17,18). The van der Waals surface area contributed by atoms with Gasteiger partial charge in [-0.15, -0.1) is 0 Å². The summed E-state index contributed by atoms with van der Waals surface area (Å²) in [5.74, 6) is -0.322. The first-order valence-corrected chi connectivity index (χ1v) is 6.12. The van der Waals surface area contributed by atoms with Crippen molar-refractivity contribution < 1.29 is 4.79 Å². The largest absolute Gasteiger partial charge is 0.365 e. The average molecular weight is 297 g/mol. The van der Waals surface area contributed by atoms with Gasteiger partial charge in [0.05, 0.1) is 5.56 Å². The Morgan fingerprint density at radius 1 is 1.37 bits per heavy atom. The molecular formula is C12H10Cl2N4O. The van der Waals surface area contributed by atoms with Crippen molar-refractivity contribution in [3.63, 3.8) is 0 Å². The van der Waals surface area contributed by atoms with E-state index in [1.54, 1.807) is 12.1 Å². The molecular weight excluding hydrogens is 287 g/mol. The Morgan fingerprint density at radius 3 is 2.84 bits per heavy atom. The number of nitrogens with zero attached hydrogens (tertiary/aromatic N) is 2. The third kappa shape index (κ3) is 3.56. The van der Waals surface area contributed by atoms with Gasteiger partial charge in [0.15, 0.2) is 0 Å². The van der Waals surface area contributed by atoms with Gasteiger partial charge in [0, 0.05) is 17.8 Å². The van der Waals surface area contributed by atoms with Crippen molar-refractivity contribution >= 4 is 34.9 Å². The summed E-state index contributed by atoms with van der Waals surface area (Å²) >= 11 is 11.6. The quantitative estimate of drug-likeness (QED) is 0.850. The van der Waals surface area contributed by atoms with E-state index >= 15 is 0 Å². The number of carbonyl (C=O) groups excluding carboxylic acids is 1. The lowest BCUT2D eigenvalue weighted by Gasteiger charge is -2.09. The van der Waals surface area contributed by atoms with Crippen LogP contribution in [0.25, 0.3) is 0 Å². The summed E-state index contributed by atoms with van der Waals surface area (Å²) in [6.07, 6.45) is 1.29. The number of halogens is 2. The van der Waals surface area contributed by atoms with E-state index in [4.69, 9.17) is 28.9 Å². The molecule has 1 amide bonds. The fraction of sp³-hybridized carbons (Fsp3) is 0.0833. The third-order valence-electron chi connectivity index (χ3n) is 2.37. The zero-order valence-corrected chi connectivity index (χ0v) is 11.2. The zero-order valence-electron chi connectivity index (χ0n) is 9.73. The summed E-state index contributed by atoms with van der Waals surface area (Å²) in [6.45, 7) is 0.439. The number of carbonyl (C=O) groups is 1. The molecule has 1 heterocycles. The van der Waals surface area contributed by atoms with Crippen LogP contribution in [0.15, 0.2) is 30.5 Å². The lowest BCUT2D eigenvalue weighted by Crippen LogP contribution is -2.16. The van der Waals surface area contributed by atoms with Crippen molar-refractivity contribution in [3.8, 4) is 0 Å². The summed E-state index contributed by atoms with van der Waals surface area (Å²) in [5.41, 5.74) is 6.36. The van der Waals surface area contributed by atoms with E-state index in [-0.39, 0.29) is 10.8 Å². The SMILES string of the molecule is NC(=O)c1cnc(Cl)nc1NCc1cccc(Cl)c1. The minimum atomic E-state index is -0.620. The van der Waals surface area contributed by atoms with Crippen molar-refractivity contribution in [2.24, 2.45) is 5.73 Å². The Labute approximate surface area is 119 Å². The molecule has 0 bridgehead atoms. The van der Waals surface area contributed by atoms with Gasteiger partial charge in [-0.2, -0.15) is 4.98 Å². The van der Waals surface area contributed by atoms with Crippen LogP contribution in [-0.4, -0.2) is 15.9 Å². The van der Waals surface area contributed by atoms with E-state index in [1.807, 2.05) is 12.1 Å². The number of amides is 1. The fourth-order valence-electron chi connectivity index (χ4n) is 1.51. The number of primary amides is 1. The Morgan fingerprint density at radius 2 is 2.16 bits per heavy atom. The molecule has 2 rings (SSSR count). The molecule has 0 radical (unpaired) electrons. The maximum atomic E-state index is 11.2. The minimum absolute atomic E-state index is 0.0404. The monoisotopic (exact) mass is 296 g/mol. The van der Waals surface area contributed by atoms with Crippen LogP contribution in [0.3, 0.4) is 0 Å². The topological polar surface area (TPSA) is 80.9 Å². The number of nitrogens with two attached hydrogens (primary N) is 1. The Balaban J connectivity index is 2.19. The fourth-order valence-corrected chi connectivity index (χ4v) is 1.85. The molecule has 3 N–H and O–H groups in total. The zero-order chi connectivity index (χ0) is 13.8. The lowest BCUT2D eigenvalue weighted by molar-refractivity contribution is 0.100. The molecule has 0 unspecified atom stereocenters. The molecule has 0 atom stereocenters. The number of anilines is 1. The van der Waals surface area contributed by atoms with Crippen molar-refractivity contribution in [1.29, 1.82) is 0 Å². The van der Waals surface area contributed by atoms with Gasteiger partial charge >= 0.3 is 0 Å². The van der Waals surface area contributed by atoms with Gasteiger partial charge in [-0.3, -0.25) is 4.79 Å². The number of benzene rings is 1. The molecule has 1 aromatic heterocycles. The highest BCUT2D eigenvalue weighted by Gasteiger charge is 2.11. The molecule has 1 aromatic carbocycles. The maximum absolute atomic E-state index is 11.2. The Hall–Kier alpha value is -1.85. The Bertz CT molecular complexity index is 618. The van der Waals surface area contributed by atoms with Crippen molar-refractivity contribution in [2.45, 2.75) is 6.54 Å². The molecule has 0 saturated heterocycles. The predicted molar refractivity (Wildman–Crippen MR) is 74.3 cm³/mol. The van der Waals surface area contributed by atoms with Crippen LogP contribution in [-0.2, 0) is 6.54 Å². The van der Waals surface area contributed by atoms with Gasteiger partial charge in [-0.25, -0.2) is 4.98 Å². The third-order valence-corrected chi connectivity index (χ3v) is 2.79. The second kappa shape index (κ2) is 5.86. The molecule has 19 heavy (non-hydrogen) atoms. The van der Waals surface area contributed by atoms with Crippen LogP contribution >= 0.6 is 23.2 Å². The van der Waals surface area contributed by atoms with Crippen LogP contribution < -0.4 is 11.1 Å². The van der Waals surface area contributed by atoms with Crippen LogP contribution in [0.5, 0.6) is 0 Å². The van der Waals surface area contributed by atoms with E-state index in [1.165, 1.54) is 6.20 Å². The molecule has 98 valence electrons. The summed E-state index contributed by atoms with van der Waals surface area (Å²) in [5, 5.41) is 3.66. The maximum Gasteiger partial charge on any atom is 0.254 e. The van der Waals surface area contributed by atoms with Gasteiger partial charge < -0.3 is 11.1 Å². The average Bonchev–Trinajstić information content (AvgIpc) is 2.36. The molecule has 0 spiro atoms. The molecule has 7 heteroatoms. The first-order valence-electron chi connectivity index (χ1n) is 5.37.